The van der Waals surface area contributed by atoms with Crippen molar-refractivity contribution in [3.05, 3.63) is 76.9 Å². The van der Waals surface area contributed by atoms with E-state index in [0.29, 0.717) is 18.7 Å². The van der Waals surface area contributed by atoms with Crippen LogP contribution in [0.15, 0.2) is 59.7 Å². The summed E-state index contributed by atoms with van der Waals surface area (Å²) in [5.41, 5.74) is 4.53. The molecular formula is C26H27FN4O2. The van der Waals surface area contributed by atoms with Crippen molar-refractivity contribution in [2.24, 2.45) is 7.05 Å². The fourth-order valence-electron chi connectivity index (χ4n) is 5.05. The Morgan fingerprint density at radius 3 is 2.73 bits per heavy atom. The molecular weight excluding hydrogens is 419 g/mol. The number of carbonyl (C=O) groups is 2. The predicted octanol–water partition coefficient (Wildman–Crippen LogP) is 4.00. The Labute approximate surface area is 192 Å². The monoisotopic (exact) mass is 446 g/mol. The number of amides is 2. The Bertz CT molecular complexity index is 1240. The number of rotatable bonds is 6. The summed E-state index contributed by atoms with van der Waals surface area (Å²) >= 11 is 0. The molecule has 33 heavy (non-hydrogen) atoms. The van der Waals surface area contributed by atoms with Crippen molar-refractivity contribution in [1.29, 1.82) is 0 Å². The summed E-state index contributed by atoms with van der Waals surface area (Å²) in [6, 6.07) is 14.2. The van der Waals surface area contributed by atoms with Crippen LogP contribution in [0, 0.1) is 5.82 Å². The van der Waals surface area contributed by atoms with Crippen LogP contribution in [0.2, 0.25) is 0 Å². The van der Waals surface area contributed by atoms with Gasteiger partial charge in [-0.15, -0.1) is 0 Å². The number of aryl methyl sites for hydroxylation is 1. The molecule has 2 aromatic carbocycles. The van der Waals surface area contributed by atoms with E-state index in [4.69, 9.17) is 0 Å². The van der Waals surface area contributed by atoms with Crippen LogP contribution in [0.1, 0.15) is 43.5 Å². The number of imidazole rings is 1. The standard InChI is InChI=1S/C26H27FN4O2/c1-30-23-9-5-3-7-21(23)29-24(30)15-28-25(32)14-20-19-6-2-4-8-22(19)31(26(20)33)16-17-10-12-18(27)13-11-17/h3,5,7,9-13,22H,2,4,6,8,14-16H2,1H3,(H,28,32). The Balaban J connectivity index is 1.29. The van der Waals surface area contributed by atoms with E-state index < -0.39 is 0 Å². The van der Waals surface area contributed by atoms with E-state index in [2.05, 4.69) is 10.3 Å². The lowest BCUT2D eigenvalue weighted by molar-refractivity contribution is -0.129. The number of fused-ring (bicyclic) bond motifs is 2. The highest BCUT2D eigenvalue weighted by Crippen LogP contribution is 2.38. The van der Waals surface area contributed by atoms with E-state index in [9.17, 15) is 14.0 Å². The maximum Gasteiger partial charge on any atom is 0.251 e. The molecule has 2 aliphatic rings. The van der Waals surface area contributed by atoms with Crippen molar-refractivity contribution in [1.82, 2.24) is 19.8 Å². The Kier molecular flexibility index (Phi) is 5.70. The summed E-state index contributed by atoms with van der Waals surface area (Å²) in [5, 5.41) is 2.95. The van der Waals surface area contributed by atoms with Gasteiger partial charge < -0.3 is 14.8 Å². The zero-order valence-corrected chi connectivity index (χ0v) is 18.7. The molecule has 6 nitrogen and oxygen atoms in total. The Morgan fingerprint density at radius 1 is 1.15 bits per heavy atom. The molecule has 1 unspecified atom stereocenters. The van der Waals surface area contributed by atoms with Crippen molar-refractivity contribution >= 4 is 22.8 Å². The lowest BCUT2D eigenvalue weighted by Gasteiger charge is -2.30. The van der Waals surface area contributed by atoms with E-state index in [1.807, 2.05) is 40.8 Å². The smallest absolute Gasteiger partial charge is 0.251 e. The summed E-state index contributed by atoms with van der Waals surface area (Å²) in [7, 11) is 1.93. The topological polar surface area (TPSA) is 67.2 Å². The molecule has 1 aromatic heterocycles. The molecule has 0 spiro atoms. The highest BCUT2D eigenvalue weighted by atomic mass is 19.1. The number of hydrogen-bond acceptors (Lipinski definition) is 3. The fourth-order valence-corrected chi connectivity index (χ4v) is 5.05. The number of carbonyl (C=O) groups excluding carboxylic acids is 2. The number of benzene rings is 2. The second kappa shape index (κ2) is 8.81. The van der Waals surface area contributed by atoms with Gasteiger partial charge in [0, 0.05) is 19.2 Å². The van der Waals surface area contributed by atoms with Crippen LogP contribution in [0.4, 0.5) is 4.39 Å². The van der Waals surface area contributed by atoms with Crippen molar-refractivity contribution in [3.8, 4) is 0 Å². The molecule has 7 heteroatoms. The van der Waals surface area contributed by atoms with Crippen molar-refractivity contribution in [3.63, 3.8) is 0 Å². The average Bonchev–Trinajstić information content (AvgIpc) is 3.29. The molecule has 1 atom stereocenters. The molecule has 2 amide bonds. The average molecular weight is 447 g/mol. The fraction of sp³-hybridized carbons (Fsp3) is 0.346. The number of aromatic nitrogens is 2. The summed E-state index contributed by atoms with van der Waals surface area (Å²) in [6.45, 7) is 0.738. The molecule has 1 aliphatic heterocycles. The Morgan fingerprint density at radius 2 is 1.94 bits per heavy atom. The Hall–Kier alpha value is -3.48. The zero-order valence-electron chi connectivity index (χ0n) is 18.7. The summed E-state index contributed by atoms with van der Waals surface area (Å²) in [4.78, 5) is 32.6. The maximum atomic E-state index is 13.3. The van der Waals surface area contributed by atoms with E-state index >= 15 is 0 Å². The van der Waals surface area contributed by atoms with Crippen LogP contribution in [-0.4, -0.2) is 32.3 Å². The van der Waals surface area contributed by atoms with Gasteiger partial charge in [-0.05, 0) is 54.7 Å². The third kappa shape index (κ3) is 4.15. The van der Waals surface area contributed by atoms with Crippen LogP contribution in [0.5, 0.6) is 0 Å². The SMILES string of the molecule is Cn1c(CNC(=O)CC2=C3CCCCC3N(Cc3ccc(F)cc3)C2=O)nc2ccccc21. The molecule has 170 valence electrons. The van der Waals surface area contributed by atoms with Crippen molar-refractivity contribution < 1.29 is 14.0 Å². The summed E-state index contributed by atoms with van der Waals surface area (Å²) in [6.07, 6.45) is 3.94. The summed E-state index contributed by atoms with van der Waals surface area (Å²) in [5.74, 6) is 0.236. The number of para-hydroxylation sites is 2. The number of halogens is 1. The molecule has 0 bridgehead atoms. The van der Waals surface area contributed by atoms with Gasteiger partial charge in [0.1, 0.15) is 11.6 Å². The minimum Gasteiger partial charge on any atom is -0.349 e. The van der Waals surface area contributed by atoms with Gasteiger partial charge in [0.2, 0.25) is 5.91 Å². The van der Waals surface area contributed by atoms with Gasteiger partial charge in [0.05, 0.1) is 30.0 Å². The minimum absolute atomic E-state index is 0.0407. The van der Waals surface area contributed by atoms with Gasteiger partial charge in [-0.25, -0.2) is 9.37 Å². The first kappa shape index (κ1) is 21.4. The highest BCUT2D eigenvalue weighted by molar-refractivity contribution is 6.02. The first-order valence-electron chi connectivity index (χ1n) is 11.5. The third-order valence-electron chi connectivity index (χ3n) is 6.79. The van der Waals surface area contributed by atoms with Crippen LogP contribution in [0.3, 0.4) is 0 Å². The quantitative estimate of drug-likeness (QED) is 0.622. The molecule has 0 radical (unpaired) electrons. The molecule has 3 aromatic rings. The van der Waals surface area contributed by atoms with Crippen LogP contribution >= 0.6 is 0 Å². The molecule has 2 heterocycles. The van der Waals surface area contributed by atoms with Gasteiger partial charge in [-0.3, -0.25) is 9.59 Å². The van der Waals surface area contributed by atoms with Gasteiger partial charge in [0.15, 0.2) is 0 Å². The predicted molar refractivity (Wildman–Crippen MR) is 123 cm³/mol. The van der Waals surface area contributed by atoms with E-state index in [1.165, 1.54) is 12.1 Å². The largest absolute Gasteiger partial charge is 0.349 e. The lowest BCUT2D eigenvalue weighted by Crippen LogP contribution is -2.36. The van der Waals surface area contributed by atoms with E-state index in [0.717, 1.165) is 53.7 Å². The normalized spacial score (nSPS) is 18.2. The van der Waals surface area contributed by atoms with Gasteiger partial charge >= 0.3 is 0 Å². The first-order valence-corrected chi connectivity index (χ1v) is 11.5. The summed E-state index contributed by atoms with van der Waals surface area (Å²) < 4.78 is 15.3. The zero-order chi connectivity index (χ0) is 22.9. The number of hydrogen-bond donors (Lipinski definition) is 1. The first-order chi connectivity index (χ1) is 16.0. The number of nitrogens with one attached hydrogen (secondary N) is 1. The van der Waals surface area contributed by atoms with Crippen molar-refractivity contribution in [2.45, 2.75) is 51.2 Å². The van der Waals surface area contributed by atoms with Crippen LogP contribution in [-0.2, 0) is 29.7 Å². The number of nitrogens with zero attached hydrogens (tertiary/aromatic N) is 3. The van der Waals surface area contributed by atoms with Crippen LogP contribution < -0.4 is 5.32 Å². The molecule has 0 saturated heterocycles. The molecule has 5 rings (SSSR count). The molecule has 1 aliphatic carbocycles. The van der Waals surface area contributed by atoms with Gasteiger partial charge in [-0.1, -0.05) is 30.7 Å². The molecule has 1 saturated carbocycles. The second-order valence-corrected chi connectivity index (χ2v) is 8.85. The minimum atomic E-state index is -0.291. The highest BCUT2D eigenvalue weighted by Gasteiger charge is 2.40. The van der Waals surface area contributed by atoms with Crippen LogP contribution in [0.25, 0.3) is 11.0 Å². The maximum absolute atomic E-state index is 13.3. The van der Waals surface area contributed by atoms with Gasteiger partial charge in [0.25, 0.3) is 5.91 Å². The molecule has 1 N–H and O–H groups in total. The van der Waals surface area contributed by atoms with E-state index in [-0.39, 0.29) is 30.1 Å². The lowest BCUT2D eigenvalue weighted by atomic mass is 9.88. The molecule has 1 fully saturated rings. The van der Waals surface area contributed by atoms with Gasteiger partial charge in [-0.2, -0.15) is 0 Å². The third-order valence-corrected chi connectivity index (χ3v) is 6.79. The van der Waals surface area contributed by atoms with Crippen molar-refractivity contribution in [2.75, 3.05) is 0 Å². The second-order valence-electron chi connectivity index (χ2n) is 8.85. The van der Waals surface area contributed by atoms with E-state index in [1.54, 1.807) is 12.1 Å².